The van der Waals surface area contributed by atoms with E-state index in [4.69, 9.17) is 23.2 Å². The Balaban J connectivity index is 3.50. The van der Waals surface area contributed by atoms with Crippen molar-refractivity contribution in [1.29, 1.82) is 0 Å². The minimum atomic E-state index is -0.682. The first-order valence-electron chi connectivity index (χ1n) is 1.96. The average Bonchev–Trinajstić information content (AvgIpc) is 1.61. The van der Waals surface area contributed by atoms with Crippen LogP contribution in [-0.4, -0.2) is 17.0 Å². The Hall–Kier alpha value is -0.0800. The highest BCUT2D eigenvalue weighted by Crippen LogP contribution is 1.95. The largest absolute Gasteiger partial charge is 0.273 e. The molecule has 0 N–H and O–H groups in total. The number of amides is 1. The molecule has 0 heterocycles. The highest BCUT2D eigenvalue weighted by molar-refractivity contribution is 6.51. The summed E-state index contributed by atoms with van der Waals surface area (Å²) >= 11 is 10.4. The van der Waals surface area contributed by atoms with Crippen LogP contribution >= 0.6 is 23.2 Å². The third-order valence-corrected chi connectivity index (χ3v) is 0.594. The summed E-state index contributed by atoms with van der Waals surface area (Å²) < 4.78 is 0. The van der Waals surface area contributed by atoms with Crippen LogP contribution in [0.1, 0.15) is 6.92 Å². The van der Waals surface area contributed by atoms with Gasteiger partial charge in [-0.25, -0.2) is 4.99 Å². The van der Waals surface area contributed by atoms with Crippen LogP contribution in [0, 0.1) is 0 Å². The van der Waals surface area contributed by atoms with Gasteiger partial charge in [-0.05, 0) is 0 Å². The molecule has 2 nitrogen and oxygen atoms in total. The van der Waals surface area contributed by atoms with Gasteiger partial charge in [0.15, 0.2) is 0 Å². The summed E-state index contributed by atoms with van der Waals surface area (Å²) in [4.78, 5) is 12.6. The summed E-state index contributed by atoms with van der Waals surface area (Å²) in [7, 11) is 0. The minimum Gasteiger partial charge on any atom is -0.273 e. The molecule has 0 atom stereocenters. The number of aliphatic imine (C=N–C) groups is 1. The van der Waals surface area contributed by atoms with Gasteiger partial charge in [-0.3, -0.25) is 4.79 Å². The zero-order valence-electron chi connectivity index (χ0n) is 4.27. The smallest absolute Gasteiger partial charge is 0.242 e. The molecule has 0 saturated carbocycles. The van der Waals surface area contributed by atoms with Crippen molar-refractivity contribution in [2.24, 2.45) is 4.99 Å². The van der Waals surface area contributed by atoms with Gasteiger partial charge in [-0.15, -0.1) is 0 Å². The Morgan fingerprint density at radius 3 is 2.38 bits per heavy atom. The Kier molecular flexibility index (Phi) is 3.83. The topological polar surface area (TPSA) is 29.4 Å². The van der Waals surface area contributed by atoms with Crippen molar-refractivity contribution < 1.29 is 4.79 Å². The summed E-state index contributed by atoms with van der Waals surface area (Å²) in [6.07, 6.45) is 1.17. The molecular formula is C4H5Cl2NO. The standard InChI is InChI=1S/C4H5Cl2NO/c1-3(8)7-2-4(5)6/h2,4H,1H3. The first kappa shape index (κ1) is 7.92. The SMILES string of the molecule is CC(=O)N=CC(Cl)Cl. The molecule has 0 saturated heterocycles. The lowest BCUT2D eigenvalue weighted by Crippen LogP contribution is -1.90. The van der Waals surface area contributed by atoms with Crippen LogP contribution in [-0.2, 0) is 4.79 Å². The van der Waals surface area contributed by atoms with Gasteiger partial charge >= 0.3 is 0 Å². The Morgan fingerprint density at radius 2 is 2.25 bits per heavy atom. The lowest BCUT2D eigenvalue weighted by molar-refractivity contribution is -0.115. The third-order valence-electron chi connectivity index (χ3n) is 0.369. The van der Waals surface area contributed by atoms with E-state index in [1.807, 2.05) is 0 Å². The highest BCUT2D eigenvalue weighted by Gasteiger charge is 1.90. The van der Waals surface area contributed by atoms with Crippen LogP contribution in [0.2, 0.25) is 0 Å². The lowest BCUT2D eigenvalue weighted by atomic mass is 10.7. The Morgan fingerprint density at radius 1 is 1.75 bits per heavy atom. The van der Waals surface area contributed by atoms with E-state index in [9.17, 15) is 4.79 Å². The number of halogens is 2. The van der Waals surface area contributed by atoms with E-state index in [1.54, 1.807) is 0 Å². The predicted octanol–water partition coefficient (Wildman–Crippen LogP) is 1.41. The van der Waals surface area contributed by atoms with E-state index in [0.29, 0.717) is 0 Å². The molecule has 0 fully saturated rings. The number of alkyl halides is 2. The number of hydrogen-bond acceptors (Lipinski definition) is 1. The maximum atomic E-state index is 10.0. The van der Waals surface area contributed by atoms with E-state index in [-0.39, 0.29) is 5.91 Å². The summed E-state index contributed by atoms with van der Waals surface area (Å²) in [6, 6.07) is 0. The van der Waals surface area contributed by atoms with Gasteiger partial charge in [-0.2, -0.15) is 0 Å². The van der Waals surface area contributed by atoms with Crippen LogP contribution in [0.3, 0.4) is 0 Å². The zero-order valence-corrected chi connectivity index (χ0v) is 5.78. The fourth-order valence-electron chi connectivity index (χ4n) is 0.161. The fourth-order valence-corrected chi connectivity index (χ4v) is 0.274. The van der Waals surface area contributed by atoms with Gasteiger partial charge in [0, 0.05) is 13.1 Å². The maximum Gasteiger partial charge on any atom is 0.242 e. The van der Waals surface area contributed by atoms with Gasteiger partial charge in [-0.1, -0.05) is 23.2 Å². The fraction of sp³-hybridized carbons (Fsp3) is 0.500. The number of carbonyl (C=O) groups excluding carboxylic acids is 1. The lowest BCUT2D eigenvalue weighted by Gasteiger charge is -1.83. The van der Waals surface area contributed by atoms with Crippen LogP contribution in [0.25, 0.3) is 0 Å². The van der Waals surface area contributed by atoms with Gasteiger partial charge in [0.1, 0.15) is 4.84 Å². The summed E-state index contributed by atoms with van der Waals surface area (Å²) in [6.45, 7) is 1.33. The van der Waals surface area contributed by atoms with Crippen LogP contribution in [0.15, 0.2) is 4.99 Å². The van der Waals surface area contributed by atoms with Crippen molar-refractivity contribution in [3.63, 3.8) is 0 Å². The van der Waals surface area contributed by atoms with Crippen molar-refractivity contribution >= 4 is 35.3 Å². The first-order valence-corrected chi connectivity index (χ1v) is 2.83. The van der Waals surface area contributed by atoms with Gasteiger partial charge in [0.05, 0.1) is 0 Å². The maximum absolute atomic E-state index is 10.0. The monoisotopic (exact) mass is 153 g/mol. The second kappa shape index (κ2) is 3.87. The Bertz CT molecular complexity index is 111. The molecule has 0 unspecified atom stereocenters. The van der Waals surface area contributed by atoms with E-state index in [1.165, 1.54) is 13.1 Å². The molecular weight excluding hydrogens is 149 g/mol. The summed E-state index contributed by atoms with van der Waals surface area (Å²) in [5.74, 6) is -0.295. The number of hydrogen-bond donors (Lipinski definition) is 0. The average molecular weight is 154 g/mol. The van der Waals surface area contributed by atoms with Gasteiger partial charge in [0.2, 0.25) is 5.91 Å². The van der Waals surface area contributed by atoms with Crippen LogP contribution < -0.4 is 0 Å². The molecule has 0 rings (SSSR count). The molecule has 1 amide bonds. The number of rotatable bonds is 1. The van der Waals surface area contributed by atoms with Crippen molar-refractivity contribution in [3.8, 4) is 0 Å². The molecule has 0 spiro atoms. The number of nitrogens with zero attached hydrogens (tertiary/aromatic N) is 1. The van der Waals surface area contributed by atoms with Crippen molar-refractivity contribution in [2.45, 2.75) is 11.8 Å². The molecule has 0 aliphatic carbocycles. The quantitative estimate of drug-likeness (QED) is 0.414. The molecule has 0 bridgehead atoms. The van der Waals surface area contributed by atoms with Crippen molar-refractivity contribution in [3.05, 3.63) is 0 Å². The molecule has 46 valence electrons. The normalized spacial score (nSPS) is 11.0. The molecule has 0 radical (unpaired) electrons. The second-order valence-corrected chi connectivity index (χ2v) is 2.30. The van der Waals surface area contributed by atoms with E-state index in [2.05, 4.69) is 4.99 Å². The number of carbonyl (C=O) groups is 1. The predicted molar refractivity (Wildman–Crippen MR) is 34.7 cm³/mol. The minimum absolute atomic E-state index is 0.295. The van der Waals surface area contributed by atoms with Crippen LogP contribution in [0.4, 0.5) is 0 Å². The van der Waals surface area contributed by atoms with Crippen molar-refractivity contribution in [2.75, 3.05) is 0 Å². The Labute approximate surface area is 57.5 Å². The molecule has 0 aliphatic heterocycles. The van der Waals surface area contributed by atoms with E-state index in [0.717, 1.165) is 0 Å². The summed E-state index contributed by atoms with van der Waals surface area (Å²) in [5.41, 5.74) is 0. The molecule has 0 aliphatic rings. The van der Waals surface area contributed by atoms with Gasteiger partial charge < -0.3 is 0 Å². The molecule has 0 aromatic rings. The van der Waals surface area contributed by atoms with Crippen LogP contribution in [0.5, 0.6) is 0 Å². The molecule has 4 heteroatoms. The highest BCUT2D eigenvalue weighted by atomic mass is 35.5. The van der Waals surface area contributed by atoms with E-state index < -0.39 is 4.84 Å². The summed E-state index contributed by atoms with van der Waals surface area (Å²) in [5, 5.41) is 0. The zero-order chi connectivity index (χ0) is 6.57. The molecule has 0 aromatic carbocycles. The van der Waals surface area contributed by atoms with Crippen molar-refractivity contribution in [1.82, 2.24) is 0 Å². The second-order valence-electron chi connectivity index (χ2n) is 1.13. The van der Waals surface area contributed by atoms with E-state index >= 15 is 0 Å². The van der Waals surface area contributed by atoms with Gasteiger partial charge in [0.25, 0.3) is 0 Å². The third kappa shape index (κ3) is 5.92. The first-order chi connectivity index (χ1) is 3.63. The molecule has 8 heavy (non-hydrogen) atoms. The molecule has 0 aromatic heterocycles.